The Balaban J connectivity index is 0.00000200. The first-order chi connectivity index (χ1) is 8.88. The predicted molar refractivity (Wildman–Crippen MR) is 76.8 cm³/mol. The van der Waals surface area contributed by atoms with Crippen LogP contribution >= 0.6 is 12.4 Å². The van der Waals surface area contributed by atoms with Crippen molar-refractivity contribution in [3.05, 3.63) is 29.6 Å². The monoisotopic (exact) mass is 320 g/mol. The summed E-state index contributed by atoms with van der Waals surface area (Å²) in [5, 5.41) is 8.80. The van der Waals surface area contributed by atoms with Crippen molar-refractivity contribution in [3.8, 4) is 0 Å². The lowest BCUT2D eigenvalue weighted by molar-refractivity contribution is 0.0696. The van der Waals surface area contributed by atoms with Crippen molar-refractivity contribution in [3.63, 3.8) is 0 Å². The van der Waals surface area contributed by atoms with Crippen molar-refractivity contribution < 1.29 is 18.3 Å². The zero-order valence-electron chi connectivity index (χ0n) is 11.0. The molecule has 0 aromatic carbocycles. The maximum Gasteiger partial charge on any atom is 0.337 e. The van der Waals surface area contributed by atoms with Crippen molar-refractivity contribution in [2.45, 2.75) is 18.8 Å². The average Bonchev–Trinajstić information content (AvgIpc) is 2.38. The molecule has 8 heteroatoms. The highest BCUT2D eigenvalue weighted by Gasteiger charge is 2.26. The number of rotatable bonds is 3. The first-order valence-corrected chi connectivity index (χ1v) is 7.87. The largest absolute Gasteiger partial charge is 0.478 e. The molecule has 0 spiro atoms. The molecule has 20 heavy (non-hydrogen) atoms. The van der Waals surface area contributed by atoms with Gasteiger partial charge in [0.05, 0.1) is 11.8 Å². The van der Waals surface area contributed by atoms with Crippen LogP contribution in [0.3, 0.4) is 0 Å². The highest BCUT2D eigenvalue weighted by molar-refractivity contribution is 7.88. The number of aromatic carboxylic acids is 1. The Morgan fingerprint density at radius 1 is 1.35 bits per heavy atom. The van der Waals surface area contributed by atoms with Crippen LogP contribution in [0.1, 0.15) is 34.8 Å². The van der Waals surface area contributed by atoms with Gasteiger partial charge < -0.3 is 5.11 Å². The fraction of sp³-hybridized carbons (Fsp3) is 0.500. The first kappa shape index (κ1) is 16.9. The van der Waals surface area contributed by atoms with E-state index in [1.165, 1.54) is 22.8 Å². The molecular formula is C12H17ClN2O4S. The lowest BCUT2D eigenvalue weighted by atomic mass is 9.94. The van der Waals surface area contributed by atoms with Crippen LogP contribution < -0.4 is 0 Å². The molecule has 2 heterocycles. The van der Waals surface area contributed by atoms with Gasteiger partial charge in [-0.05, 0) is 25.0 Å². The number of carboxylic acid groups (broad SMARTS) is 1. The van der Waals surface area contributed by atoms with Gasteiger partial charge in [-0.3, -0.25) is 4.98 Å². The lowest BCUT2D eigenvalue weighted by Crippen LogP contribution is -2.37. The summed E-state index contributed by atoms with van der Waals surface area (Å²) in [6.07, 6.45) is 3.99. The number of aromatic nitrogens is 1. The molecule has 2 rings (SSSR count). The molecule has 1 aromatic rings. The normalized spacial score (nSPS) is 17.4. The molecule has 1 saturated heterocycles. The molecule has 0 radical (unpaired) electrons. The van der Waals surface area contributed by atoms with Crippen LogP contribution in [0.4, 0.5) is 0 Å². The Morgan fingerprint density at radius 2 is 1.95 bits per heavy atom. The maximum absolute atomic E-state index is 11.4. The van der Waals surface area contributed by atoms with Gasteiger partial charge in [0.1, 0.15) is 0 Å². The summed E-state index contributed by atoms with van der Waals surface area (Å²) in [4.78, 5) is 14.9. The molecule has 1 aromatic heterocycles. The van der Waals surface area contributed by atoms with E-state index < -0.39 is 16.0 Å². The smallest absolute Gasteiger partial charge is 0.337 e. The molecule has 112 valence electrons. The van der Waals surface area contributed by atoms with Crippen molar-refractivity contribution >= 4 is 28.4 Å². The van der Waals surface area contributed by atoms with E-state index >= 15 is 0 Å². The molecule has 1 aliphatic heterocycles. The van der Waals surface area contributed by atoms with E-state index in [-0.39, 0.29) is 23.9 Å². The van der Waals surface area contributed by atoms with Crippen molar-refractivity contribution in [1.29, 1.82) is 0 Å². The molecule has 0 saturated carbocycles. The summed E-state index contributed by atoms with van der Waals surface area (Å²) in [7, 11) is -3.11. The van der Waals surface area contributed by atoms with E-state index in [1.807, 2.05) is 0 Å². The fourth-order valence-electron chi connectivity index (χ4n) is 2.26. The first-order valence-electron chi connectivity index (χ1n) is 6.02. The van der Waals surface area contributed by atoms with Crippen molar-refractivity contribution in [2.75, 3.05) is 19.3 Å². The quantitative estimate of drug-likeness (QED) is 0.908. The maximum atomic E-state index is 11.4. The zero-order valence-corrected chi connectivity index (χ0v) is 12.7. The summed E-state index contributed by atoms with van der Waals surface area (Å²) < 4.78 is 24.3. The predicted octanol–water partition coefficient (Wildman–Crippen LogP) is 1.34. The number of piperidine rings is 1. The fourth-order valence-corrected chi connectivity index (χ4v) is 3.13. The number of pyridine rings is 1. The minimum Gasteiger partial charge on any atom is -0.478 e. The van der Waals surface area contributed by atoms with E-state index in [0.717, 1.165) is 5.69 Å². The number of carboxylic acids is 1. The topological polar surface area (TPSA) is 87.6 Å². The van der Waals surface area contributed by atoms with E-state index in [9.17, 15) is 13.2 Å². The third-order valence-corrected chi connectivity index (χ3v) is 4.68. The van der Waals surface area contributed by atoms with Crippen LogP contribution in [0.2, 0.25) is 0 Å². The summed E-state index contributed by atoms with van der Waals surface area (Å²) in [5.41, 5.74) is 0.996. The molecule has 0 aliphatic carbocycles. The molecule has 1 aliphatic rings. The average molecular weight is 321 g/mol. The summed E-state index contributed by atoms with van der Waals surface area (Å²) >= 11 is 0. The minimum absolute atomic E-state index is 0. The molecule has 0 atom stereocenters. The van der Waals surface area contributed by atoms with Crippen LogP contribution in [-0.2, 0) is 10.0 Å². The van der Waals surface area contributed by atoms with Gasteiger partial charge >= 0.3 is 5.97 Å². The van der Waals surface area contributed by atoms with Crippen LogP contribution in [0, 0.1) is 0 Å². The van der Waals surface area contributed by atoms with Crippen LogP contribution in [0.5, 0.6) is 0 Å². The second-order valence-corrected chi connectivity index (χ2v) is 6.70. The molecule has 1 N–H and O–H groups in total. The zero-order chi connectivity index (χ0) is 14.0. The lowest BCUT2D eigenvalue weighted by Gasteiger charge is -2.29. The Bertz CT molecular complexity index is 566. The van der Waals surface area contributed by atoms with Gasteiger partial charge in [0.25, 0.3) is 0 Å². The second-order valence-electron chi connectivity index (χ2n) is 4.71. The van der Waals surface area contributed by atoms with Crippen molar-refractivity contribution in [2.24, 2.45) is 0 Å². The molecule has 0 unspecified atom stereocenters. The molecule has 0 bridgehead atoms. The van der Waals surface area contributed by atoms with Gasteiger partial charge in [0.15, 0.2) is 0 Å². The Morgan fingerprint density at radius 3 is 2.35 bits per heavy atom. The summed E-state index contributed by atoms with van der Waals surface area (Å²) in [6.45, 7) is 0.984. The summed E-state index contributed by atoms with van der Waals surface area (Å²) in [6, 6.07) is 3.25. The highest BCUT2D eigenvalue weighted by atomic mass is 35.5. The molecular weight excluding hydrogens is 304 g/mol. The standard InChI is InChI=1S/C12H16N2O4S.ClH/c1-19(17,18)14-6-4-9(5-7-14)11-3-2-10(8-13-11)12(15)16;/h2-3,8-9H,4-7H2,1H3,(H,15,16);1H. The van der Waals surface area contributed by atoms with E-state index in [2.05, 4.69) is 4.98 Å². The number of nitrogens with zero attached hydrogens (tertiary/aromatic N) is 2. The van der Waals surface area contributed by atoms with Gasteiger partial charge in [0, 0.05) is 30.9 Å². The van der Waals surface area contributed by atoms with Gasteiger partial charge in [-0.1, -0.05) is 0 Å². The van der Waals surface area contributed by atoms with Gasteiger partial charge in [-0.15, -0.1) is 12.4 Å². The number of halogens is 1. The van der Waals surface area contributed by atoms with Crippen LogP contribution in [0.15, 0.2) is 18.3 Å². The number of sulfonamides is 1. The SMILES string of the molecule is CS(=O)(=O)N1CCC(c2ccc(C(=O)O)cn2)CC1.Cl. The highest BCUT2D eigenvalue weighted by Crippen LogP contribution is 2.27. The molecule has 0 amide bonds. The number of carbonyl (C=O) groups is 1. The van der Waals surface area contributed by atoms with Gasteiger partial charge in [-0.2, -0.15) is 0 Å². The second kappa shape index (κ2) is 6.51. The van der Waals surface area contributed by atoms with Gasteiger partial charge in [-0.25, -0.2) is 17.5 Å². The Hall–Kier alpha value is -1.18. The third kappa shape index (κ3) is 3.91. The number of hydrogen-bond donors (Lipinski definition) is 1. The molecule has 6 nitrogen and oxygen atoms in total. The number of hydrogen-bond acceptors (Lipinski definition) is 4. The Labute approximate surface area is 124 Å². The minimum atomic E-state index is -3.11. The van der Waals surface area contributed by atoms with Gasteiger partial charge in [0.2, 0.25) is 10.0 Å². The molecule has 1 fully saturated rings. The summed E-state index contributed by atoms with van der Waals surface area (Å²) in [5.74, 6) is -0.799. The van der Waals surface area contributed by atoms with Crippen LogP contribution in [-0.4, -0.2) is 48.1 Å². The van der Waals surface area contributed by atoms with E-state index in [4.69, 9.17) is 5.11 Å². The van der Waals surface area contributed by atoms with Crippen LogP contribution in [0.25, 0.3) is 0 Å². The third-order valence-electron chi connectivity index (χ3n) is 3.37. The van der Waals surface area contributed by atoms with E-state index in [0.29, 0.717) is 25.9 Å². The van der Waals surface area contributed by atoms with Crippen molar-refractivity contribution in [1.82, 2.24) is 9.29 Å². The Kier molecular flexibility index (Phi) is 5.50. The van der Waals surface area contributed by atoms with E-state index in [1.54, 1.807) is 6.07 Å².